The van der Waals surface area contributed by atoms with E-state index in [2.05, 4.69) is 0 Å². The highest BCUT2D eigenvalue weighted by molar-refractivity contribution is 5.88. The van der Waals surface area contributed by atoms with E-state index in [4.69, 9.17) is 9.84 Å². The molecule has 4 nitrogen and oxygen atoms in total. The molecule has 1 N–H and O–H groups in total. The van der Waals surface area contributed by atoms with E-state index in [9.17, 15) is 4.79 Å². The fraction of sp³-hybridized carbons (Fsp3) is 0.214. The van der Waals surface area contributed by atoms with Crippen molar-refractivity contribution in [3.8, 4) is 16.9 Å². The van der Waals surface area contributed by atoms with E-state index < -0.39 is 5.97 Å². The van der Waals surface area contributed by atoms with Gasteiger partial charge in [0, 0.05) is 23.9 Å². The van der Waals surface area contributed by atoms with Gasteiger partial charge in [0.2, 0.25) is 0 Å². The summed E-state index contributed by atoms with van der Waals surface area (Å²) in [7, 11) is 1.60. The molecule has 0 aliphatic rings. The molecule has 0 spiro atoms. The molecule has 0 aliphatic carbocycles. The highest BCUT2D eigenvalue weighted by Crippen LogP contribution is 2.30. The van der Waals surface area contributed by atoms with E-state index in [1.165, 1.54) is 0 Å². The third kappa shape index (κ3) is 2.09. The zero-order chi connectivity index (χ0) is 13.1. The Kier molecular flexibility index (Phi) is 3.37. The standard InChI is InChI=1S/C14H15NO3/c1-3-15-9-10(8-12(15)14(16)17)11-6-4-5-7-13(11)18-2/h4-9H,3H2,1-2H3,(H,16,17). The number of aromatic carboxylic acids is 1. The Morgan fingerprint density at radius 2 is 2.11 bits per heavy atom. The summed E-state index contributed by atoms with van der Waals surface area (Å²) in [5.41, 5.74) is 2.04. The minimum absolute atomic E-state index is 0.290. The van der Waals surface area contributed by atoms with Gasteiger partial charge < -0.3 is 14.4 Å². The average Bonchev–Trinajstić information content (AvgIpc) is 2.82. The molecule has 1 aromatic heterocycles. The van der Waals surface area contributed by atoms with Crippen LogP contribution in [0.1, 0.15) is 17.4 Å². The summed E-state index contributed by atoms with van der Waals surface area (Å²) in [6.45, 7) is 2.54. The van der Waals surface area contributed by atoms with Gasteiger partial charge in [-0.25, -0.2) is 4.79 Å². The quantitative estimate of drug-likeness (QED) is 0.901. The summed E-state index contributed by atoms with van der Waals surface area (Å²) < 4.78 is 7.00. The first kappa shape index (κ1) is 12.2. The van der Waals surface area contributed by atoms with Crippen molar-refractivity contribution in [1.29, 1.82) is 0 Å². The number of carbonyl (C=O) groups is 1. The van der Waals surface area contributed by atoms with Gasteiger partial charge in [0.15, 0.2) is 0 Å². The van der Waals surface area contributed by atoms with Crippen molar-refractivity contribution in [3.63, 3.8) is 0 Å². The second-order valence-corrected chi connectivity index (χ2v) is 3.91. The normalized spacial score (nSPS) is 10.3. The highest BCUT2D eigenvalue weighted by Gasteiger charge is 2.14. The minimum Gasteiger partial charge on any atom is -0.496 e. The lowest BCUT2D eigenvalue weighted by atomic mass is 10.1. The van der Waals surface area contributed by atoms with Gasteiger partial charge in [-0.2, -0.15) is 0 Å². The van der Waals surface area contributed by atoms with Crippen LogP contribution in [0.25, 0.3) is 11.1 Å². The molecule has 0 radical (unpaired) electrons. The van der Waals surface area contributed by atoms with Gasteiger partial charge in [-0.1, -0.05) is 18.2 Å². The summed E-state index contributed by atoms with van der Waals surface area (Å²) in [5.74, 6) is -0.180. The molecule has 18 heavy (non-hydrogen) atoms. The number of para-hydroxylation sites is 1. The molecule has 94 valence electrons. The van der Waals surface area contributed by atoms with Crippen LogP contribution in [0.2, 0.25) is 0 Å². The summed E-state index contributed by atoms with van der Waals surface area (Å²) in [6, 6.07) is 9.24. The SMILES string of the molecule is CCn1cc(-c2ccccc2OC)cc1C(=O)O. The fourth-order valence-corrected chi connectivity index (χ4v) is 1.98. The molecule has 2 aromatic rings. The van der Waals surface area contributed by atoms with Crippen molar-refractivity contribution in [1.82, 2.24) is 4.57 Å². The Labute approximate surface area is 105 Å². The van der Waals surface area contributed by atoms with Gasteiger partial charge in [0.25, 0.3) is 0 Å². The topological polar surface area (TPSA) is 51.5 Å². The van der Waals surface area contributed by atoms with Crippen molar-refractivity contribution in [2.75, 3.05) is 7.11 Å². The first-order valence-electron chi connectivity index (χ1n) is 5.74. The second kappa shape index (κ2) is 4.96. The number of carboxylic acid groups (broad SMARTS) is 1. The molecule has 0 atom stereocenters. The molecule has 2 rings (SSSR count). The van der Waals surface area contributed by atoms with E-state index >= 15 is 0 Å². The van der Waals surface area contributed by atoms with Gasteiger partial charge in [-0.05, 0) is 19.1 Å². The van der Waals surface area contributed by atoms with Crippen LogP contribution in [-0.4, -0.2) is 22.8 Å². The number of carboxylic acids is 1. The van der Waals surface area contributed by atoms with Crippen molar-refractivity contribution < 1.29 is 14.6 Å². The molecule has 0 saturated heterocycles. The molecule has 1 aromatic carbocycles. The molecular formula is C14H15NO3. The predicted octanol–water partition coefficient (Wildman–Crippen LogP) is 2.88. The molecule has 4 heteroatoms. The number of benzene rings is 1. The highest BCUT2D eigenvalue weighted by atomic mass is 16.5. The molecule has 0 unspecified atom stereocenters. The number of hydrogen-bond donors (Lipinski definition) is 1. The molecule has 0 fully saturated rings. The lowest BCUT2D eigenvalue weighted by molar-refractivity contribution is 0.0685. The number of aryl methyl sites for hydroxylation is 1. The van der Waals surface area contributed by atoms with Crippen LogP contribution in [-0.2, 0) is 6.54 Å². The second-order valence-electron chi connectivity index (χ2n) is 3.91. The van der Waals surface area contributed by atoms with Gasteiger partial charge in [0.05, 0.1) is 7.11 Å². The average molecular weight is 245 g/mol. The molecular weight excluding hydrogens is 230 g/mol. The van der Waals surface area contributed by atoms with E-state index in [1.54, 1.807) is 17.7 Å². The Bertz CT molecular complexity index is 572. The van der Waals surface area contributed by atoms with Crippen LogP contribution in [0.5, 0.6) is 5.75 Å². The van der Waals surface area contributed by atoms with Gasteiger partial charge in [-0.15, -0.1) is 0 Å². The maximum Gasteiger partial charge on any atom is 0.352 e. The third-order valence-corrected chi connectivity index (χ3v) is 2.87. The number of aromatic nitrogens is 1. The number of rotatable bonds is 4. The van der Waals surface area contributed by atoms with Crippen LogP contribution in [0.3, 0.4) is 0 Å². The number of hydrogen-bond acceptors (Lipinski definition) is 2. The monoisotopic (exact) mass is 245 g/mol. The number of nitrogens with zero attached hydrogens (tertiary/aromatic N) is 1. The van der Waals surface area contributed by atoms with Crippen LogP contribution in [0.15, 0.2) is 36.5 Å². The molecule has 0 amide bonds. The fourth-order valence-electron chi connectivity index (χ4n) is 1.98. The van der Waals surface area contributed by atoms with Crippen molar-refractivity contribution in [2.45, 2.75) is 13.5 Å². The third-order valence-electron chi connectivity index (χ3n) is 2.87. The van der Waals surface area contributed by atoms with Crippen LogP contribution < -0.4 is 4.74 Å². The Hall–Kier alpha value is -2.23. The van der Waals surface area contributed by atoms with Crippen LogP contribution in [0, 0.1) is 0 Å². The zero-order valence-corrected chi connectivity index (χ0v) is 10.4. The zero-order valence-electron chi connectivity index (χ0n) is 10.4. The summed E-state index contributed by atoms with van der Waals surface area (Å²) in [4.78, 5) is 11.1. The first-order valence-corrected chi connectivity index (χ1v) is 5.74. The van der Waals surface area contributed by atoms with Crippen molar-refractivity contribution in [3.05, 3.63) is 42.2 Å². The maximum absolute atomic E-state index is 11.1. The lowest BCUT2D eigenvalue weighted by Crippen LogP contribution is -2.05. The van der Waals surface area contributed by atoms with Crippen molar-refractivity contribution >= 4 is 5.97 Å². The lowest BCUT2D eigenvalue weighted by Gasteiger charge is -2.05. The van der Waals surface area contributed by atoms with E-state index in [0.717, 1.165) is 16.9 Å². The molecule has 1 heterocycles. The first-order chi connectivity index (χ1) is 8.67. The summed E-state index contributed by atoms with van der Waals surface area (Å²) in [5, 5.41) is 9.13. The Morgan fingerprint density at radius 1 is 1.39 bits per heavy atom. The Morgan fingerprint density at radius 3 is 2.67 bits per heavy atom. The number of methoxy groups -OCH3 is 1. The smallest absolute Gasteiger partial charge is 0.352 e. The van der Waals surface area contributed by atoms with Gasteiger partial charge in [0.1, 0.15) is 11.4 Å². The summed E-state index contributed by atoms with van der Waals surface area (Å²) in [6.07, 6.45) is 1.83. The maximum atomic E-state index is 11.1. The van der Waals surface area contributed by atoms with Gasteiger partial charge in [-0.3, -0.25) is 0 Å². The van der Waals surface area contributed by atoms with E-state index in [1.807, 2.05) is 37.4 Å². The predicted molar refractivity (Wildman–Crippen MR) is 69.1 cm³/mol. The molecule has 0 saturated carbocycles. The largest absolute Gasteiger partial charge is 0.496 e. The van der Waals surface area contributed by atoms with E-state index in [0.29, 0.717) is 12.2 Å². The van der Waals surface area contributed by atoms with Gasteiger partial charge >= 0.3 is 5.97 Å². The number of ether oxygens (including phenoxy) is 1. The van der Waals surface area contributed by atoms with Crippen LogP contribution >= 0.6 is 0 Å². The van der Waals surface area contributed by atoms with E-state index in [-0.39, 0.29) is 0 Å². The minimum atomic E-state index is -0.919. The molecule has 0 bridgehead atoms. The van der Waals surface area contributed by atoms with Crippen molar-refractivity contribution in [2.24, 2.45) is 0 Å². The molecule has 0 aliphatic heterocycles. The summed E-state index contributed by atoms with van der Waals surface area (Å²) >= 11 is 0. The Balaban J connectivity index is 2.54. The van der Waals surface area contributed by atoms with Crippen LogP contribution in [0.4, 0.5) is 0 Å².